The fraction of sp³-hybridized carbons (Fsp3) is 0.812. The molecular weight excluding hydrogens is 224 g/mol. The molecule has 0 aliphatic carbocycles. The van der Waals surface area contributed by atoms with Gasteiger partial charge in [0.1, 0.15) is 0 Å². The van der Waals surface area contributed by atoms with Crippen LogP contribution in [0.15, 0.2) is 12.2 Å². The minimum absolute atomic E-state index is 0.0220. The molecule has 0 aromatic rings. The van der Waals surface area contributed by atoms with Gasteiger partial charge in [0.25, 0.3) is 0 Å². The number of carbonyl (C=O) groups is 1. The van der Waals surface area contributed by atoms with Crippen LogP contribution in [0.1, 0.15) is 78.1 Å². The van der Waals surface area contributed by atoms with Crippen LogP contribution >= 0.6 is 0 Å². The first-order valence-corrected chi connectivity index (χ1v) is 7.61. The van der Waals surface area contributed by atoms with Crippen LogP contribution in [0.4, 0.5) is 0 Å². The second-order valence-electron chi connectivity index (χ2n) is 4.79. The first kappa shape index (κ1) is 17.2. The van der Waals surface area contributed by atoms with Crippen molar-refractivity contribution in [3.05, 3.63) is 12.2 Å². The molecule has 0 saturated heterocycles. The maximum absolute atomic E-state index is 11.3. The van der Waals surface area contributed by atoms with Gasteiger partial charge in [-0.05, 0) is 32.1 Å². The van der Waals surface area contributed by atoms with E-state index in [1.807, 2.05) is 0 Å². The Labute approximate surface area is 113 Å². The zero-order valence-electron chi connectivity index (χ0n) is 12.2. The van der Waals surface area contributed by atoms with E-state index in [0.29, 0.717) is 13.0 Å². The summed E-state index contributed by atoms with van der Waals surface area (Å²) in [5.74, 6) is -0.0220. The summed E-state index contributed by atoms with van der Waals surface area (Å²) >= 11 is 0. The summed E-state index contributed by atoms with van der Waals surface area (Å²) in [6, 6.07) is 0. The van der Waals surface area contributed by atoms with Crippen molar-refractivity contribution in [2.45, 2.75) is 78.1 Å². The number of allylic oxidation sites excluding steroid dienone is 2. The normalized spacial score (nSPS) is 11.0. The monoisotopic (exact) mass is 254 g/mol. The lowest BCUT2D eigenvalue weighted by molar-refractivity contribution is -0.143. The van der Waals surface area contributed by atoms with Crippen molar-refractivity contribution >= 4 is 5.97 Å². The van der Waals surface area contributed by atoms with Crippen LogP contribution in [0.5, 0.6) is 0 Å². The van der Waals surface area contributed by atoms with E-state index in [1.54, 1.807) is 0 Å². The van der Waals surface area contributed by atoms with Crippen molar-refractivity contribution < 1.29 is 9.53 Å². The Morgan fingerprint density at radius 2 is 1.61 bits per heavy atom. The molecule has 0 bridgehead atoms. The number of unbranched alkanes of at least 4 members (excludes halogenated alkanes) is 6. The molecule has 0 atom stereocenters. The molecule has 0 amide bonds. The Bertz CT molecular complexity index is 209. The zero-order chi connectivity index (χ0) is 13.5. The molecule has 0 fully saturated rings. The summed E-state index contributed by atoms with van der Waals surface area (Å²) in [5.41, 5.74) is 0. The standard InChI is InChI=1S/C16H30O2/c1-3-5-7-8-9-10-11-12-13-14-16(17)18-15-6-4-2/h7-8H,3-6,9-15H2,1-2H3/b8-7+. The maximum Gasteiger partial charge on any atom is 0.305 e. The molecule has 0 aliphatic heterocycles. The van der Waals surface area contributed by atoms with E-state index in [2.05, 4.69) is 26.0 Å². The molecule has 0 spiro atoms. The molecule has 0 N–H and O–H groups in total. The minimum atomic E-state index is -0.0220. The summed E-state index contributed by atoms with van der Waals surface area (Å²) < 4.78 is 5.10. The number of esters is 1. The minimum Gasteiger partial charge on any atom is -0.466 e. The Kier molecular flexibility index (Phi) is 13.6. The number of ether oxygens (including phenoxy) is 1. The third-order valence-electron chi connectivity index (χ3n) is 2.88. The van der Waals surface area contributed by atoms with E-state index in [9.17, 15) is 4.79 Å². The molecule has 0 aromatic heterocycles. The molecule has 18 heavy (non-hydrogen) atoms. The highest BCUT2D eigenvalue weighted by atomic mass is 16.5. The van der Waals surface area contributed by atoms with Crippen molar-refractivity contribution in [1.29, 1.82) is 0 Å². The summed E-state index contributed by atoms with van der Waals surface area (Å²) in [4.78, 5) is 11.3. The van der Waals surface area contributed by atoms with Crippen LogP contribution in [0, 0.1) is 0 Å². The highest BCUT2D eigenvalue weighted by Gasteiger charge is 2.01. The lowest BCUT2D eigenvalue weighted by Gasteiger charge is -2.03. The Morgan fingerprint density at radius 1 is 0.889 bits per heavy atom. The van der Waals surface area contributed by atoms with Gasteiger partial charge in [-0.1, -0.05) is 51.7 Å². The largest absolute Gasteiger partial charge is 0.466 e. The van der Waals surface area contributed by atoms with Crippen LogP contribution in [-0.2, 0) is 9.53 Å². The SMILES string of the molecule is CCC/C=C/CCCCCCC(=O)OCCCC. The summed E-state index contributed by atoms with van der Waals surface area (Å²) in [6.07, 6.45) is 15.4. The second kappa shape index (κ2) is 14.3. The highest BCUT2D eigenvalue weighted by Crippen LogP contribution is 2.07. The second-order valence-corrected chi connectivity index (χ2v) is 4.79. The van der Waals surface area contributed by atoms with E-state index in [4.69, 9.17) is 4.74 Å². The summed E-state index contributed by atoms with van der Waals surface area (Å²) in [5, 5.41) is 0. The highest BCUT2D eigenvalue weighted by molar-refractivity contribution is 5.69. The van der Waals surface area contributed by atoms with Gasteiger partial charge >= 0.3 is 5.97 Å². The first-order valence-electron chi connectivity index (χ1n) is 7.61. The van der Waals surface area contributed by atoms with Crippen molar-refractivity contribution in [2.24, 2.45) is 0 Å². The molecule has 106 valence electrons. The van der Waals surface area contributed by atoms with E-state index < -0.39 is 0 Å². The van der Waals surface area contributed by atoms with Crippen molar-refractivity contribution in [3.63, 3.8) is 0 Å². The molecule has 0 heterocycles. The number of rotatable bonds is 12. The van der Waals surface area contributed by atoms with Gasteiger partial charge in [0.15, 0.2) is 0 Å². The van der Waals surface area contributed by atoms with Gasteiger partial charge in [-0.2, -0.15) is 0 Å². The molecule has 2 heteroatoms. The van der Waals surface area contributed by atoms with Gasteiger partial charge in [-0.25, -0.2) is 0 Å². The van der Waals surface area contributed by atoms with Gasteiger partial charge in [0.2, 0.25) is 0 Å². The molecule has 0 rings (SSSR count). The quantitative estimate of drug-likeness (QED) is 0.277. The average molecular weight is 254 g/mol. The van der Waals surface area contributed by atoms with Crippen LogP contribution in [0.25, 0.3) is 0 Å². The van der Waals surface area contributed by atoms with Gasteiger partial charge < -0.3 is 4.74 Å². The fourth-order valence-electron chi connectivity index (χ4n) is 1.69. The molecule has 2 nitrogen and oxygen atoms in total. The molecular formula is C16H30O2. The lowest BCUT2D eigenvalue weighted by Crippen LogP contribution is -2.05. The van der Waals surface area contributed by atoms with Crippen molar-refractivity contribution in [2.75, 3.05) is 6.61 Å². The van der Waals surface area contributed by atoms with Gasteiger partial charge in [-0.15, -0.1) is 0 Å². The smallest absolute Gasteiger partial charge is 0.305 e. The Morgan fingerprint density at radius 3 is 2.33 bits per heavy atom. The van der Waals surface area contributed by atoms with Crippen LogP contribution in [0.2, 0.25) is 0 Å². The van der Waals surface area contributed by atoms with Crippen molar-refractivity contribution in [1.82, 2.24) is 0 Å². The number of hydrogen-bond acceptors (Lipinski definition) is 2. The lowest BCUT2D eigenvalue weighted by atomic mass is 10.1. The first-order chi connectivity index (χ1) is 8.81. The molecule has 0 unspecified atom stereocenters. The Balaban J connectivity index is 3.17. The molecule has 0 aliphatic rings. The third kappa shape index (κ3) is 13.3. The maximum atomic E-state index is 11.3. The predicted molar refractivity (Wildman–Crippen MR) is 77.6 cm³/mol. The van der Waals surface area contributed by atoms with E-state index in [1.165, 1.54) is 32.1 Å². The van der Waals surface area contributed by atoms with Crippen LogP contribution in [-0.4, -0.2) is 12.6 Å². The molecule has 0 aromatic carbocycles. The topological polar surface area (TPSA) is 26.3 Å². The van der Waals surface area contributed by atoms with Crippen LogP contribution in [0.3, 0.4) is 0 Å². The van der Waals surface area contributed by atoms with Crippen LogP contribution < -0.4 is 0 Å². The van der Waals surface area contributed by atoms with E-state index in [-0.39, 0.29) is 5.97 Å². The van der Waals surface area contributed by atoms with Gasteiger partial charge in [0.05, 0.1) is 6.61 Å². The number of hydrogen-bond donors (Lipinski definition) is 0. The van der Waals surface area contributed by atoms with E-state index in [0.717, 1.165) is 25.7 Å². The Hall–Kier alpha value is -0.790. The summed E-state index contributed by atoms with van der Waals surface area (Å²) in [6.45, 7) is 4.89. The zero-order valence-corrected chi connectivity index (χ0v) is 12.2. The van der Waals surface area contributed by atoms with Gasteiger partial charge in [0, 0.05) is 6.42 Å². The molecule has 0 radical (unpaired) electrons. The fourth-order valence-corrected chi connectivity index (χ4v) is 1.69. The third-order valence-corrected chi connectivity index (χ3v) is 2.88. The van der Waals surface area contributed by atoms with Gasteiger partial charge in [-0.3, -0.25) is 4.79 Å². The van der Waals surface area contributed by atoms with Crippen molar-refractivity contribution in [3.8, 4) is 0 Å². The average Bonchev–Trinajstić information content (AvgIpc) is 2.37. The predicted octanol–water partition coefficient (Wildman–Crippen LogP) is 5.03. The number of carbonyl (C=O) groups excluding carboxylic acids is 1. The molecule has 0 saturated carbocycles. The van der Waals surface area contributed by atoms with E-state index >= 15 is 0 Å². The summed E-state index contributed by atoms with van der Waals surface area (Å²) in [7, 11) is 0.